The fraction of sp³-hybridized carbons (Fsp3) is 0.556. The van der Waals surface area contributed by atoms with Crippen LogP contribution in [-0.2, 0) is 9.47 Å². The second kappa shape index (κ2) is 5.47. The molecular formula is C9H13N2O4-. The molecule has 0 radical (unpaired) electrons. The molecule has 0 bridgehead atoms. The first-order valence-corrected chi connectivity index (χ1v) is 4.68. The highest BCUT2D eigenvalue weighted by Crippen LogP contribution is 2.19. The predicted octanol–water partition coefficient (Wildman–Crippen LogP) is -0.155. The van der Waals surface area contributed by atoms with E-state index in [0.717, 1.165) is 0 Å². The zero-order chi connectivity index (χ0) is 11.3. The molecule has 6 nitrogen and oxygen atoms in total. The minimum Gasteiger partial charge on any atom is -0.543 e. The van der Waals surface area contributed by atoms with E-state index in [1.165, 1.54) is 6.33 Å². The van der Waals surface area contributed by atoms with Crippen LogP contribution < -0.4 is 5.11 Å². The summed E-state index contributed by atoms with van der Waals surface area (Å²) in [5.74, 6) is -1.35. The molecule has 15 heavy (non-hydrogen) atoms. The van der Waals surface area contributed by atoms with Crippen molar-refractivity contribution in [2.75, 3.05) is 13.2 Å². The van der Waals surface area contributed by atoms with E-state index in [1.807, 2.05) is 0 Å². The summed E-state index contributed by atoms with van der Waals surface area (Å²) in [7, 11) is 0. The molecule has 1 aromatic heterocycles. The lowest BCUT2D eigenvalue weighted by Gasteiger charge is -2.16. The Morgan fingerprint density at radius 1 is 1.53 bits per heavy atom. The van der Waals surface area contributed by atoms with Crippen LogP contribution in [0.4, 0.5) is 0 Å². The fourth-order valence-corrected chi connectivity index (χ4v) is 1.16. The van der Waals surface area contributed by atoms with E-state index in [9.17, 15) is 9.90 Å². The number of nitrogens with zero attached hydrogens (tertiary/aromatic N) is 1. The van der Waals surface area contributed by atoms with E-state index in [4.69, 9.17) is 9.47 Å². The summed E-state index contributed by atoms with van der Waals surface area (Å²) in [4.78, 5) is 17.0. The van der Waals surface area contributed by atoms with Gasteiger partial charge in [0.1, 0.15) is 11.4 Å². The molecule has 84 valence electrons. The third-order valence-corrected chi connectivity index (χ3v) is 1.73. The number of carbonyl (C=O) groups excluding carboxylic acids is 1. The van der Waals surface area contributed by atoms with Crippen molar-refractivity contribution in [3.8, 4) is 0 Å². The largest absolute Gasteiger partial charge is 0.543 e. The number of nitrogens with one attached hydrogen (secondary N) is 1. The molecule has 6 heteroatoms. The third kappa shape index (κ3) is 2.77. The fourth-order valence-electron chi connectivity index (χ4n) is 1.16. The summed E-state index contributed by atoms with van der Waals surface area (Å²) in [6.07, 6.45) is 0.529. The maximum Gasteiger partial charge on any atom is 0.201 e. The van der Waals surface area contributed by atoms with Crippen LogP contribution in [0.5, 0.6) is 0 Å². The molecule has 0 fully saturated rings. The first-order chi connectivity index (χ1) is 7.20. The Labute approximate surface area is 87.2 Å². The first kappa shape index (κ1) is 11.7. The summed E-state index contributed by atoms with van der Waals surface area (Å²) < 4.78 is 10.5. The summed E-state index contributed by atoms with van der Waals surface area (Å²) in [5, 5.41) is 10.7. The molecule has 0 aromatic carbocycles. The number of carboxylic acids is 1. The van der Waals surface area contributed by atoms with Gasteiger partial charge in [-0.15, -0.1) is 0 Å². The van der Waals surface area contributed by atoms with Crippen LogP contribution >= 0.6 is 0 Å². The van der Waals surface area contributed by atoms with E-state index < -0.39 is 12.3 Å². The van der Waals surface area contributed by atoms with Crippen LogP contribution in [0.2, 0.25) is 0 Å². The van der Waals surface area contributed by atoms with Crippen LogP contribution in [0, 0.1) is 0 Å². The van der Waals surface area contributed by atoms with Gasteiger partial charge in [-0.2, -0.15) is 0 Å². The zero-order valence-electron chi connectivity index (χ0n) is 8.65. The smallest absolute Gasteiger partial charge is 0.201 e. The normalized spacial score (nSPS) is 10.9. The quantitative estimate of drug-likeness (QED) is 0.664. The molecule has 0 saturated heterocycles. The number of hydrogen-bond donors (Lipinski definition) is 1. The molecule has 0 spiro atoms. The second-order valence-electron chi connectivity index (χ2n) is 2.69. The van der Waals surface area contributed by atoms with Crippen LogP contribution in [0.1, 0.15) is 36.3 Å². The van der Waals surface area contributed by atoms with Crippen molar-refractivity contribution >= 4 is 5.97 Å². The van der Waals surface area contributed by atoms with E-state index in [2.05, 4.69) is 9.97 Å². The predicted molar refractivity (Wildman–Crippen MR) is 48.9 cm³/mol. The average Bonchev–Trinajstić information content (AvgIpc) is 2.65. The lowest BCUT2D eigenvalue weighted by Crippen LogP contribution is -2.25. The standard InChI is InChI=1S/C9H14N2O4/c1-3-14-9(15-4-2)7-6(8(12)13)10-5-11-7/h5,9H,3-4H2,1-2H3,(H,10,11)(H,12,13)/p-1. The molecule has 1 heterocycles. The highest BCUT2D eigenvalue weighted by molar-refractivity contribution is 5.84. The van der Waals surface area contributed by atoms with Crippen LogP contribution in [0.3, 0.4) is 0 Å². The molecule has 1 aromatic rings. The number of hydrogen-bond acceptors (Lipinski definition) is 5. The van der Waals surface area contributed by atoms with Gasteiger partial charge in [0, 0.05) is 13.2 Å². The van der Waals surface area contributed by atoms with Gasteiger partial charge < -0.3 is 24.4 Å². The van der Waals surface area contributed by atoms with Gasteiger partial charge in [0.25, 0.3) is 0 Å². The van der Waals surface area contributed by atoms with Crippen molar-refractivity contribution in [2.45, 2.75) is 20.1 Å². The number of aromatic amines is 1. The monoisotopic (exact) mass is 213 g/mol. The maximum absolute atomic E-state index is 10.7. The summed E-state index contributed by atoms with van der Waals surface area (Å²) >= 11 is 0. The molecule has 0 saturated carbocycles. The Morgan fingerprint density at radius 3 is 2.60 bits per heavy atom. The van der Waals surface area contributed by atoms with Gasteiger partial charge >= 0.3 is 0 Å². The van der Waals surface area contributed by atoms with Gasteiger partial charge in [-0.3, -0.25) is 0 Å². The number of carboxylic acid groups (broad SMARTS) is 1. The maximum atomic E-state index is 10.7. The van der Waals surface area contributed by atoms with Crippen molar-refractivity contribution in [3.63, 3.8) is 0 Å². The number of aromatic nitrogens is 2. The van der Waals surface area contributed by atoms with E-state index in [0.29, 0.717) is 13.2 Å². The van der Waals surface area contributed by atoms with Crippen molar-refractivity contribution in [2.24, 2.45) is 0 Å². The van der Waals surface area contributed by atoms with Gasteiger partial charge in [-0.1, -0.05) is 0 Å². The van der Waals surface area contributed by atoms with E-state index in [-0.39, 0.29) is 11.4 Å². The highest BCUT2D eigenvalue weighted by atomic mass is 16.7. The molecule has 0 unspecified atom stereocenters. The number of carbonyl (C=O) groups is 1. The molecule has 1 rings (SSSR count). The Hall–Kier alpha value is -1.40. The first-order valence-electron chi connectivity index (χ1n) is 4.68. The number of rotatable bonds is 6. The van der Waals surface area contributed by atoms with Crippen LogP contribution in [0.15, 0.2) is 6.33 Å². The van der Waals surface area contributed by atoms with Gasteiger partial charge in [-0.05, 0) is 13.8 Å². The molecule has 0 amide bonds. The Bertz CT molecular complexity index is 318. The Kier molecular flexibility index (Phi) is 4.26. The van der Waals surface area contributed by atoms with Gasteiger partial charge in [-0.25, -0.2) is 4.98 Å². The summed E-state index contributed by atoms with van der Waals surface area (Å²) in [6, 6.07) is 0. The van der Waals surface area contributed by atoms with Crippen molar-refractivity contribution < 1.29 is 19.4 Å². The third-order valence-electron chi connectivity index (χ3n) is 1.73. The van der Waals surface area contributed by atoms with E-state index >= 15 is 0 Å². The summed E-state index contributed by atoms with van der Waals surface area (Å²) in [5.41, 5.74) is 0.0978. The zero-order valence-corrected chi connectivity index (χ0v) is 8.65. The second-order valence-corrected chi connectivity index (χ2v) is 2.69. The number of imidazole rings is 1. The molecule has 1 N–H and O–H groups in total. The molecule has 0 aliphatic rings. The SMILES string of the molecule is CCOC(OCC)c1[nH]cnc1C(=O)[O-]. The van der Waals surface area contributed by atoms with Gasteiger partial charge in [0.05, 0.1) is 12.3 Å². The lowest BCUT2D eigenvalue weighted by molar-refractivity contribution is -0.256. The molecular weight excluding hydrogens is 200 g/mol. The minimum absolute atomic E-state index is 0.179. The number of aromatic carboxylic acids is 1. The van der Waals surface area contributed by atoms with Gasteiger partial charge in [0.2, 0.25) is 6.29 Å². The molecule has 0 aliphatic heterocycles. The van der Waals surface area contributed by atoms with Crippen molar-refractivity contribution in [1.82, 2.24) is 9.97 Å². The van der Waals surface area contributed by atoms with Crippen LogP contribution in [-0.4, -0.2) is 29.2 Å². The van der Waals surface area contributed by atoms with Gasteiger partial charge in [0.15, 0.2) is 0 Å². The highest BCUT2D eigenvalue weighted by Gasteiger charge is 2.18. The molecule has 0 aliphatic carbocycles. The van der Waals surface area contributed by atoms with Crippen molar-refractivity contribution in [3.05, 3.63) is 17.7 Å². The van der Waals surface area contributed by atoms with Crippen LogP contribution in [0.25, 0.3) is 0 Å². The summed E-state index contributed by atoms with van der Waals surface area (Å²) in [6.45, 7) is 4.41. The lowest BCUT2D eigenvalue weighted by atomic mass is 10.3. The molecule has 0 atom stereocenters. The number of H-pyrrole nitrogens is 1. The minimum atomic E-state index is -1.35. The van der Waals surface area contributed by atoms with Crippen molar-refractivity contribution in [1.29, 1.82) is 0 Å². The Balaban J connectivity index is 2.89. The topological polar surface area (TPSA) is 87.3 Å². The van der Waals surface area contributed by atoms with E-state index in [1.54, 1.807) is 13.8 Å². The number of ether oxygens (including phenoxy) is 2. The average molecular weight is 213 g/mol. The Morgan fingerprint density at radius 2 is 2.13 bits per heavy atom.